The van der Waals surface area contributed by atoms with E-state index in [9.17, 15) is 14.4 Å². The molecule has 3 aromatic carbocycles. The molecule has 16 heteroatoms. The van der Waals surface area contributed by atoms with Crippen molar-refractivity contribution in [2.45, 2.75) is 25.2 Å². The first-order valence-electron chi connectivity index (χ1n) is 18.8. The first kappa shape index (κ1) is 37.0. The molecule has 5 aromatic rings. The van der Waals surface area contributed by atoms with Crippen molar-refractivity contribution in [2.75, 3.05) is 79.9 Å². The summed E-state index contributed by atoms with van der Waals surface area (Å²) in [5.41, 5.74) is 4.78. The van der Waals surface area contributed by atoms with Crippen molar-refractivity contribution < 1.29 is 19.1 Å². The monoisotopic (exact) mass is 777 g/mol. The summed E-state index contributed by atoms with van der Waals surface area (Å²) < 4.78 is 7.55. The maximum absolute atomic E-state index is 13.4. The zero-order valence-corrected chi connectivity index (χ0v) is 32.1. The highest BCUT2D eigenvalue weighted by molar-refractivity contribution is 6.32. The van der Waals surface area contributed by atoms with Crippen molar-refractivity contribution in [3.05, 3.63) is 83.5 Å². The summed E-state index contributed by atoms with van der Waals surface area (Å²) >= 11 is 6.37. The van der Waals surface area contributed by atoms with E-state index in [-0.39, 0.29) is 18.2 Å². The van der Waals surface area contributed by atoms with Gasteiger partial charge in [0.15, 0.2) is 11.6 Å². The predicted octanol–water partition coefficient (Wildman–Crippen LogP) is 5.49. The van der Waals surface area contributed by atoms with E-state index in [4.69, 9.17) is 16.3 Å². The number of aromatic nitrogens is 4. The molecule has 15 nitrogen and oxygen atoms in total. The molecular weight excluding hydrogens is 734 g/mol. The smallest absolute Gasteiger partial charge is 0.329 e. The van der Waals surface area contributed by atoms with Crippen molar-refractivity contribution in [3.63, 3.8) is 0 Å². The third-order valence-electron chi connectivity index (χ3n) is 10.8. The summed E-state index contributed by atoms with van der Waals surface area (Å²) in [4.78, 5) is 54.5. The quantitative estimate of drug-likeness (QED) is 0.165. The van der Waals surface area contributed by atoms with Crippen LogP contribution in [0.15, 0.2) is 72.9 Å². The maximum Gasteiger partial charge on any atom is 0.329 e. The molecule has 3 aliphatic rings. The maximum atomic E-state index is 13.4. The lowest BCUT2D eigenvalue weighted by molar-refractivity contribution is -0.133. The molecule has 3 N–H and O–H groups in total. The molecule has 0 atom stereocenters. The van der Waals surface area contributed by atoms with Gasteiger partial charge >= 0.3 is 6.03 Å². The number of nitrogens with zero attached hydrogens (tertiary/aromatic N) is 8. The SMILES string of the molecule is COc1cc(N2CCN(C(=O)CN3CCC(c4ccc5c(N6CCC(=O)NC6=O)nn(C)c5c4)CC3)CC2)ccc1Nc1ncc(Cl)c(Nc2ccccc2)n1. The van der Waals surface area contributed by atoms with Crippen molar-refractivity contribution in [3.8, 4) is 5.75 Å². The molecule has 3 aliphatic heterocycles. The normalized spacial score (nSPS) is 16.9. The van der Waals surface area contributed by atoms with Crippen LogP contribution in [0, 0.1) is 0 Å². The second-order valence-electron chi connectivity index (χ2n) is 14.3. The van der Waals surface area contributed by atoms with Gasteiger partial charge in [-0.15, -0.1) is 0 Å². The number of fused-ring (bicyclic) bond motifs is 1. The number of imide groups is 1. The first-order valence-corrected chi connectivity index (χ1v) is 19.2. The summed E-state index contributed by atoms with van der Waals surface area (Å²) in [5, 5.41) is 14.8. The minimum absolute atomic E-state index is 0.164. The summed E-state index contributed by atoms with van der Waals surface area (Å²) in [6.45, 7) is 5.16. The van der Waals surface area contributed by atoms with Crippen LogP contribution in [0.4, 0.5) is 39.4 Å². The largest absolute Gasteiger partial charge is 0.494 e. The molecule has 2 aromatic heterocycles. The number of para-hydroxylation sites is 1. The lowest BCUT2D eigenvalue weighted by Crippen LogP contribution is -2.51. The first-order chi connectivity index (χ1) is 27.2. The molecule has 0 radical (unpaired) electrons. The van der Waals surface area contributed by atoms with Crippen LogP contribution in [0.5, 0.6) is 5.75 Å². The average Bonchev–Trinajstić information content (AvgIpc) is 3.54. The number of urea groups is 1. The molecule has 0 aliphatic carbocycles. The second kappa shape index (κ2) is 16.0. The fraction of sp³-hybridized carbons (Fsp3) is 0.350. The Labute approximate surface area is 329 Å². The van der Waals surface area contributed by atoms with Crippen LogP contribution in [0.25, 0.3) is 10.9 Å². The van der Waals surface area contributed by atoms with Gasteiger partial charge in [-0.2, -0.15) is 10.1 Å². The van der Waals surface area contributed by atoms with Crippen LogP contribution in [-0.2, 0) is 16.6 Å². The highest BCUT2D eigenvalue weighted by atomic mass is 35.5. The Morgan fingerprint density at radius 2 is 1.73 bits per heavy atom. The van der Waals surface area contributed by atoms with Crippen LogP contribution >= 0.6 is 11.6 Å². The number of aryl methyl sites for hydroxylation is 1. The Bertz CT molecular complexity index is 2250. The number of methoxy groups -OCH3 is 1. The zero-order valence-electron chi connectivity index (χ0n) is 31.4. The summed E-state index contributed by atoms with van der Waals surface area (Å²) in [6, 6.07) is 21.5. The van der Waals surface area contributed by atoms with Gasteiger partial charge in [-0.05, 0) is 73.8 Å². The lowest BCUT2D eigenvalue weighted by atomic mass is 9.89. The molecule has 0 unspecified atom stereocenters. The Morgan fingerprint density at radius 3 is 2.48 bits per heavy atom. The van der Waals surface area contributed by atoms with Crippen LogP contribution in [0.1, 0.15) is 30.7 Å². The number of likely N-dealkylation sites (tertiary alicyclic amines) is 1. The Hall–Kier alpha value is -5.93. The molecular formula is C40H44ClN11O4. The number of anilines is 6. The third kappa shape index (κ3) is 7.91. The molecule has 56 heavy (non-hydrogen) atoms. The van der Waals surface area contributed by atoms with Crippen molar-refractivity contribution in [2.24, 2.45) is 7.05 Å². The van der Waals surface area contributed by atoms with Crippen molar-refractivity contribution in [1.82, 2.24) is 34.9 Å². The number of hydrogen-bond donors (Lipinski definition) is 3. The van der Waals surface area contributed by atoms with Gasteiger partial charge in [0.25, 0.3) is 0 Å². The van der Waals surface area contributed by atoms with Gasteiger partial charge in [0.2, 0.25) is 17.8 Å². The molecule has 3 saturated heterocycles. The van der Waals surface area contributed by atoms with Gasteiger partial charge < -0.3 is 25.2 Å². The minimum Gasteiger partial charge on any atom is -0.494 e. The van der Waals surface area contributed by atoms with E-state index in [1.54, 1.807) is 18.0 Å². The highest BCUT2D eigenvalue weighted by Crippen LogP contribution is 2.35. The number of nitrogens with one attached hydrogen (secondary N) is 3. The Balaban J connectivity index is 0.824. The summed E-state index contributed by atoms with van der Waals surface area (Å²) in [7, 11) is 3.51. The Morgan fingerprint density at radius 1 is 0.946 bits per heavy atom. The number of carbonyl (C=O) groups excluding carboxylic acids is 3. The number of rotatable bonds is 10. The van der Waals surface area contributed by atoms with Gasteiger partial charge in [-0.1, -0.05) is 35.9 Å². The fourth-order valence-corrected chi connectivity index (χ4v) is 7.82. The van der Waals surface area contributed by atoms with E-state index < -0.39 is 6.03 Å². The van der Waals surface area contributed by atoms with Gasteiger partial charge in [0.05, 0.1) is 31.1 Å². The molecule has 5 heterocycles. The number of halogens is 1. The summed E-state index contributed by atoms with van der Waals surface area (Å²) in [5.74, 6) is 2.35. The predicted molar refractivity (Wildman–Crippen MR) is 216 cm³/mol. The number of carbonyl (C=O) groups is 3. The van der Waals surface area contributed by atoms with E-state index in [1.165, 1.54) is 10.5 Å². The van der Waals surface area contributed by atoms with E-state index in [0.29, 0.717) is 60.5 Å². The van der Waals surface area contributed by atoms with E-state index in [0.717, 1.165) is 67.0 Å². The molecule has 4 amide bonds. The number of benzene rings is 3. The topological polar surface area (TPSA) is 153 Å². The van der Waals surface area contributed by atoms with E-state index >= 15 is 0 Å². The number of hydrogen-bond acceptors (Lipinski definition) is 11. The number of piperazine rings is 1. The minimum atomic E-state index is -0.438. The molecule has 0 spiro atoms. The highest BCUT2D eigenvalue weighted by Gasteiger charge is 2.30. The molecule has 3 fully saturated rings. The van der Waals surface area contributed by atoms with Gasteiger partial charge in [-0.25, -0.2) is 9.78 Å². The van der Waals surface area contributed by atoms with Crippen LogP contribution in [0.2, 0.25) is 5.02 Å². The third-order valence-corrected chi connectivity index (χ3v) is 11.1. The molecule has 290 valence electrons. The summed E-state index contributed by atoms with van der Waals surface area (Å²) in [6.07, 6.45) is 3.72. The Kier molecular flexibility index (Phi) is 10.6. The molecule has 8 rings (SSSR count). The van der Waals surface area contributed by atoms with Crippen LogP contribution in [-0.4, -0.2) is 107 Å². The molecule has 0 saturated carbocycles. The standard InChI is InChI=1S/C40H44ClN11O4/c1-48-33-22-27(8-10-30(33)38(47-48)52-17-14-35(53)45-40(52)55)26-12-15-49(16-13-26)25-36(54)51-20-18-50(19-21-51)29-9-11-32(34(23-29)56-2)44-39-42-24-31(41)37(46-39)43-28-6-4-3-5-7-28/h3-11,22-24,26H,12-21,25H2,1-2H3,(H,45,53,55)(H2,42,43,44,46). The van der Waals surface area contributed by atoms with Gasteiger partial charge in [0.1, 0.15) is 10.8 Å². The number of ether oxygens (including phenoxy) is 1. The average molecular weight is 778 g/mol. The van der Waals surface area contributed by atoms with Crippen molar-refractivity contribution in [1.29, 1.82) is 0 Å². The van der Waals surface area contributed by atoms with E-state index in [2.05, 4.69) is 52.9 Å². The van der Waals surface area contributed by atoms with Gasteiger partial charge in [-0.3, -0.25) is 29.4 Å². The van der Waals surface area contributed by atoms with Gasteiger partial charge in [0, 0.05) is 69.0 Å². The zero-order chi connectivity index (χ0) is 38.8. The number of piperidine rings is 1. The number of amides is 4. The fourth-order valence-electron chi connectivity index (χ4n) is 7.68. The lowest BCUT2D eigenvalue weighted by Gasteiger charge is -2.38. The van der Waals surface area contributed by atoms with E-state index in [1.807, 2.05) is 66.5 Å². The van der Waals surface area contributed by atoms with Crippen molar-refractivity contribution >= 4 is 75.0 Å². The second-order valence-corrected chi connectivity index (χ2v) is 14.7. The van der Waals surface area contributed by atoms with Crippen LogP contribution in [0.3, 0.4) is 0 Å². The van der Waals surface area contributed by atoms with Crippen LogP contribution < -0.4 is 30.5 Å². The molecule has 0 bridgehead atoms.